The first-order valence-electron chi connectivity index (χ1n) is 10.6. The van der Waals surface area contributed by atoms with Crippen molar-refractivity contribution in [3.63, 3.8) is 0 Å². The zero-order valence-electron chi connectivity index (χ0n) is 19.0. The molecule has 1 atom stereocenters. The molecule has 2 heterocycles. The van der Waals surface area contributed by atoms with Crippen molar-refractivity contribution >= 4 is 50.8 Å². The van der Waals surface area contributed by atoms with Crippen LogP contribution in [0.15, 0.2) is 51.9 Å². The van der Waals surface area contributed by atoms with Crippen molar-refractivity contribution < 1.29 is 9.53 Å². The average Bonchev–Trinajstić information content (AvgIpc) is 2.84. The highest BCUT2D eigenvalue weighted by atomic mass is 79.9. The first kappa shape index (κ1) is 24.3. The van der Waals surface area contributed by atoms with Gasteiger partial charge in [0.25, 0.3) is 5.91 Å². The van der Waals surface area contributed by atoms with Crippen LogP contribution in [0, 0.1) is 29.7 Å². The lowest BCUT2D eigenvalue weighted by Crippen LogP contribution is -2.33. The van der Waals surface area contributed by atoms with Crippen LogP contribution in [0.25, 0.3) is 0 Å². The number of carbonyl (C=O) groups is 1. The minimum Gasteiger partial charge on any atom is -0.483 e. The Labute approximate surface area is 214 Å². The van der Waals surface area contributed by atoms with Crippen molar-refractivity contribution in [2.24, 2.45) is 4.99 Å². The molecular formula is C24H20BrN9O2. The van der Waals surface area contributed by atoms with E-state index < -0.39 is 6.04 Å². The van der Waals surface area contributed by atoms with Crippen LogP contribution in [0.1, 0.15) is 28.3 Å². The minimum atomic E-state index is -0.829. The molecule has 11 nitrogen and oxygen atoms in total. The number of nitriles is 2. The van der Waals surface area contributed by atoms with Gasteiger partial charge in [-0.05, 0) is 37.3 Å². The van der Waals surface area contributed by atoms with E-state index in [1.807, 2.05) is 25.1 Å². The summed E-state index contributed by atoms with van der Waals surface area (Å²) < 4.78 is 6.58. The van der Waals surface area contributed by atoms with E-state index in [-0.39, 0.29) is 41.4 Å². The lowest BCUT2D eigenvalue weighted by atomic mass is 9.94. The van der Waals surface area contributed by atoms with Crippen LogP contribution in [0.3, 0.4) is 0 Å². The van der Waals surface area contributed by atoms with E-state index in [0.29, 0.717) is 27.0 Å². The standard InChI is InChI=1S/C24H20BrN9O2/c1-12-2-5-14(6-3-12)31-18(35)10-36-17-7-4-13(25)8-15(17)21-19-20(28)16(9-26)22(29)33-23(19)34-24(32-21)30-11-27/h2-8,21H,10H2,1H3,(H,31,35)(H6,28,29,30,32,33,34). The lowest BCUT2D eigenvalue weighted by molar-refractivity contribution is -0.118. The third-order valence-corrected chi connectivity index (χ3v) is 5.81. The Hall–Kier alpha value is -4.81. The number of pyridine rings is 1. The number of benzene rings is 2. The number of nitrogens with one attached hydrogen (secondary N) is 3. The van der Waals surface area contributed by atoms with Crippen molar-refractivity contribution in [2.45, 2.75) is 13.0 Å². The third kappa shape index (κ3) is 4.99. The van der Waals surface area contributed by atoms with Gasteiger partial charge in [-0.25, -0.2) is 9.98 Å². The summed E-state index contributed by atoms with van der Waals surface area (Å²) in [4.78, 5) is 21.3. The van der Waals surface area contributed by atoms with Gasteiger partial charge in [0.15, 0.2) is 12.8 Å². The van der Waals surface area contributed by atoms with Gasteiger partial charge in [0.1, 0.15) is 35.1 Å². The Balaban J connectivity index is 1.70. The predicted octanol–water partition coefficient (Wildman–Crippen LogP) is 3.15. The van der Waals surface area contributed by atoms with E-state index in [2.05, 4.69) is 41.9 Å². The molecule has 0 radical (unpaired) electrons. The second kappa shape index (κ2) is 10.2. The summed E-state index contributed by atoms with van der Waals surface area (Å²) >= 11 is 3.45. The van der Waals surface area contributed by atoms with Gasteiger partial charge in [0, 0.05) is 21.3 Å². The lowest BCUT2D eigenvalue weighted by Gasteiger charge is -2.27. The molecule has 0 fully saturated rings. The number of hydrogen-bond donors (Lipinski definition) is 5. The van der Waals surface area contributed by atoms with E-state index >= 15 is 0 Å². The second-order valence-electron chi connectivity index (χ2n) is 7.79. The summed E-state index contributed by atoms with van der Waals surface area (Å²) in [6.45, 7) is 1.69. The van der Waals surface area contributed by atoms with Crippen molar-refractivity contribution in [2.75, 3.05) is 28.7 Å². The average molecular weight is 546 g/mol. The van der Waals surface area contributed by atoms with Crippen molar-refractivity contribution in [1.29, 1.82) is 10.5 Å². The van der Waals surface area contributed by atoms with Crippen LogP contribution in [0.5, 0.6) is 5.75 Å². The Bertz CT molecular complexity index is 1460. The van der Waals surface area contributed by atoms with E-state index in [4.69, 9.17) is 21.5 Å². The van der Waals surface area contributed by atoms with Gasteiger partial charge in [-0.15, -0.1) is 0 Å². The Kier molecular flexibility index (Phi) is 6.90. The molecule has 12 heteroatoms. The first-order valence-corrected chi connectivity index (χ1v) is 11.4. The van der Waals surface area contributed by atoms with Crippen LogP contribution in [0.4, 0.5) is 23.0 Å². The number of hydrogen-bond acceptors (Lipinski definition) is 10. The molecule has 0 spiro atoms. The Morgan fingerprint density at radius 1 is 1.22 bits per heavy atom. The zero-order valence-corrected chi connectivity index (χ0v) is 20.5. The van der Waals surface area contributed by atoms with Gasteiger partial charge in [-0.3, -0.25) is 10.1 Å². The molecule has 4 rings (SSSR count). The van der Waals surface area contributed by atoms with Gasteiger partial charge >= 0.3 is 0 Å². The normalized spacial score (nSPS) is 13.8. The molecule has 0 bridgehead atoms. The highest BCUT2D eigenvalue weighted by Gasteiger charge is 2.31. The van der Waals surface area contributed by atoms with Crippen molar-refractivity contribution in [3.05, 3.63) is 69.2 Å². The zero-order chi connectivity index (χ0) is 25.8. The van der Waals surface area contributed by atoms with Crippen LogP contribution >= 0.6 is 15.9 Å². The van der Waals surface area contributed by atoms with E-state index in [1.165, 1.54) is 0 Å². The fourth-order valence-corrected chi connectivity index (χ4v) is 4.03. The number of carbonyl (C=O) groups excluding carboxylic acids is 1. The number of amides is 1. The maximum Gasteiger partial charge on any atom is 0.262 e. The summed E-state index contributed by atoms with van der Waals surface area (Å²) in [5.41, 5.74) is 15.0. The van der Waals surface area contributed by atoms with Crippen LogP contribution in [-0.4, -0.2) is 23.5 Å². The molecule has 0 aliphatic carbocycles. The van der Waals surface area contributed by atoms with Gasteiger partial charge < -0.3 is 26.8 Å². The summed E-state index contributed by atoms with van der Waals surface area (Å²) in [5.74, 6) is 0.287. The maximum absolute atomic E-state index is 12.5. The fraction of sp³-hybridized carbons (Fsp3) is 0.125. The molecule has 180 valence electrons. The number of aryl methyl sites for hydroxylation is 1. The van der Waals surface area contributed by atoms with Crippen molar-refractivity contribution in [3.8, 4) is 18.0 Å². The molecule has 1 aliphatic heterocycles. The smallest absolute Gasteiger partial charge is 0.262 e. The number of nitrogens with two attached hydrogens (primary N) is 2. The highest BCUT2D eigenvalue weighted by Crippen LogP contribution is 2.43. The Morgan fingerprint density at radius 3 is 2.67 bits per heavy atom. The molecule has 2 aromatic carbocycles. The van der Waals surface area contributed by atoms with Crippen LogP contribution in [-0.2, 0) is 4.79 Å². The molecular weight excluding hydrogens is 526 g/mol. The molecule has 1 aromatic heterocycles. The topological polar surface area (TPSA) is 187 Å². The number of nitrogens with zero attached hydrogens (tertiary/aromatic N) is 4. The largest absolute Gasteiger partial charge is 0.483 e. The summed E-state index contributed by atoms with van der Waals surface area (Å²) in [5, 5.41) is 26.8. The number of nitrogen functional groups attached to an aromatic ring is 2. The van der Waals surface area contributed by atoms with Gasteiger partial charge in [-0.1, -0.05) is 33.6 Å². The molecule has 3 aromatic rings. The number of fused-ring (bicyclic) bond motifs is 1. The third-order valence-electron chi connectivity index (χ3n) is 5.32. The number of anilines is 4. The predicted molar refractivity (Wildman–Crippen MR) is 139 cm³/mol. The van der Waals surface area contributed by atoms with Crippen LogP contribution in [0.2, 0.25) is 0 Å². The summed E-state index contributed by atoms with van der Waals surface area (Å²) in [6.07, 6.45) is 1.81. The molecule has 0 saturated carbocycles. The maximum atomic E-state index is 12.5. The monoisotopic (exact) mass is 545 g/mol. The number of ether oxygens (including phenoxy) is 1. The first-order chi connectivity index (χ1) is 17.3. The second-order valence-corrected chi connectivity index (χ2v) is 8.70. The van der Waals surface area contributed by atoms with Crippen LogP contribution < -0.4 is 32.2 Å². The molecule has 1 aliphatic rings. The fourth-order valence-electron chi connectivity index (χ4n) is 3.65. The van der Waals surface area contributed by atoms with E-state index in [1.54, 1.807) is 36.5 Å². The van der Waals surface area contributed by atoms with Crippen molar-refractivity contribution in [1.82, 2.24) is 10.3 Å². The summed E-state index contributed by atoms with van der Waals surface area (Å²) in [7, 11) is 0. The molecule has 0 saturated heterocycles. The summed E-state index contributed by atoms with van der Waals surface area (Å²) in [6, 6.07) is 13.7. The molecule has 1 unspecified atom stereocenters. The number of rotatable bonds is 5. The number of halogens is 1. The van der Waals surface area contributed by atoms with E-state index in [9.17, 15) is 10.1 Å². The minimum absolute atomic E-state index is 0.0161. The highest BCUT2D eigenvalue weighted by molar-refractivity contribution is 9.10. The molecule has 36 heavy (non-hydrogen) atoms. The SMILES string of the molecule is Cc1ccc(NC(=O)COc2ccc(Br)cc2C2N=C(NC#N)Nc3nc(N)c(C#N)c(N)c32)cc1. The van der Waals surface area contributed by atoms with Gasteiger partial charge in [0.05, 0.1) is 5.69 Å². The van der Waals surface area contributed by atoms with Gasteiger partial charge in [0.2, 0.25) is 5.96 Å². The number of aromatic nitrogens is 1. The Morgan fingerprint density at radius 2 is 1.97 bits per heavy atom. The number of aliphatic imine (C=N–C) groups is 1. The number of guanidine groups is 1. The molecule has 1 amide bonds. The van der Waals surface area contributed by atoms with E-state index in [0.717, 1.165) is 5.56 Å². The molecule has 7 N–H and O–H groups in total. The quantitative estimate of drug-likeness (QED) is 0.237. The van der Waals surface area contributed by atoms with Gasteiger partial charge in [-0.2, -0.15) is 10.5 Å².